The van der Waals surface area contributed by atoms with Gasteiger partial charge in [-0.2, -0.15) is 0 Å². The fourth-order valence-electron chi connectivity index (χ4n) is 3.03. The lowest BCUT2D eigenvalue weighted by Gasteiger charge is -2.11. The standard InChI is InChI=1S/C26H25NO6/c1-30-22-14-11-19(16-25(22)32-3)21(28)12-9-18-10-13-23(24(15-18)31-2)33-17-26(29)27-20-7-5-4-6-8-20/h4-16H,17H2,1-3H3,(H,27,29)/b12-9+. The monoisotopic (exact) mass is 447 g/mol. The molecule has 1 amide bonds. The summed E-state index contributed by atoms with van der Waals surface area (Å²) in [7, 11) is 4.56. The molecule has 0 aliphatic heterocycles. The number of carbonyl (C=O) groups excluding carboxylic acids is 2. The number of ether oxygens (including phenoxy) is 4. The summed E-state index contributed by atoms with van der Waals surface area (Å²) in [6, 6.07) is 19.3. The number of nitrogens with one attached hydrogen (secondary N) is 1. The van der Waals surface area contributed by atoms with Crippen molar-refractivity contribution in [3.63, 3.8) is 0 Å². The predicted molar refractivity (Wildman–Crippen MR) is 126 cm³/mol. The second-order valence-corrected chi connectivity index (χ2v) is 6.88. The lowest BCUT2D eigenvalue weighted by Crippen LogP contribution is -2.20. The van der Waals surface area contributed by atoms with Crippen LogP contribution in [-0.4, -0.2) is 39.6 Å². The Labute approximate surface area is 192 Å². The maximum Gasteiger partial charge on any atom is 0.262 e. The maximum absolute atomic E-state index is 12.6. The van der Waals surface area contributed by atoms with Crippen molar-refractivity contribution in [2.24, 2.45) is 0 Å². The van der Waals surface area contributed by atoms with E-state index in [1.165, 1.54) is 27.4 Å². The Balaban J connectivity index is 1.64. The van der Waals surface area contributed by atoms with Crippen molar-refractivity contribution >= 4 is 23.5 Å². The summed E-state index contributed by atoms with van der Waals surface area (Å²) < 4.78 is 21.4. The third-order valence-electron chi connectivity index (χ3n) is 4.70. The van der Waals surface area contributed by atoms with Crippen LogP contribution in [0.3, 0.4) is 0 Å². The average molecular weight is 447 g/mol. The molecule has 0 bridgehead atoms. The maximum atomic E-state index is 12.6. The zero-order valence-electron chi connectivity index (χ0n) is 18.7. The first-order valence-corrected chi connectivity index (χ1v) is 10.1. The van der Waals surface area contributed by atoms with Crippen LogP contribution in [0.25, 0.3) is 6.08 Å². The van der Waals surface area contributed by atoms with Crippen molar-refractivity contribution < 1.29 is 28.5 Å². The summed E-state index contributed by atoms with van der Waals surface area (Å²) in [6.45, 7) is -0.168. The third kappa shape index (κ3) is 6.36. The minimum atomic E-state index is -0.284. The Morgan fingerprint density at radius 3 is 2.15 bits per heavy atom. The average Bonchev–Trinajstić information content (AvgIpc) is 2.86. The molecule has 170 valence electrons. The number of ketones is 1. The molecule has 0 atom stereocenters. The van der Waals surface area contributed by atoms with Crippen LogP contribution in [0.15, 0.2) is 72.8 Å². The first-order valence-electron chi connectivity index (χ1n) is 10.1. The summed E-state index contributed by atoms with van der Waals surface area (Å²) in [5.74, 6) is 1.43. The molecule has 1 N–H and O–H groups in total. The van der Waals surface area contributed by atoms with Crippen molar-refractivity contribution in [1.29, 1.82) is 0 Å². The first kappa shape index (κ1) is 23.4. The number of hydrogen-bond acceptors (Lipinski definition) is 6. The molecular formula is C26H25NO6. The van der Waals surface area contributed by atoms with E-state index >= 15 is 0 Å². The molecule has 7 heteroatoms. The highest BCUT2D eigenvalue weighted by molar-refractivity contribution is 6.07. The van der Waals surface area contributed by atoms with Crippen molar-refractivity contribution in [2.45, 2.75) is 0 Å². The zero-order chi connectivity index (χ0) is 23.6. The van der Waals surface area contributed by atoms with Crippen LogP contribution in [0, 0.1) is 0 Å². The topological polar surface area (TPSA) is 83.1 Å². The normalized spacial score (nSPS) is 10.5. The number of allylic oxidation sites excluding steroid dienone is 1. The molecule has 7 nitrogen and oxygen atoms in total. The second-order valence-electron chi connectivity index (χ2n) is 6.88. The van der Waals surface area contributed by atoms with E-state index in [9.17, 15) is 9.59 Å². The van der Waals surface area contributed by atoms with Gasteiger partial charge in [0.2, 0.25) is 0 Å². The SMILES string of the molecule is COc1ccc(C(=O)/C=C/c2ccc(OCC(=O)Nc3ccccc3)c(OC)c2)cc1OC. The van der Waals surface area contributed by atoms with Gasteiger partial charge in [-0.1, -0.05) is 30.3 Å². The molecule has 0 unspecified atom stereocenters. The van der Waals surface area contributed by atoms with Crippen LogP contribution in [0.5, 0.6) is 23.0 Å². The highest BCUT2D eigenvalue weighted by Crippen LogP contribution is 2.30. The number of hydrogen-bond donors (Lipinski definition) is 1. The van der Waals surface area contributed by atoms with E-state index in [2.05, 4.69) is 5.32 Å². The predicted octanol–water partition coefficient (Wildman–Crippen LogP) is 4.63. The number of rotatable bonds is 10. The number of amides is 1. The van der Waals surface area contributed by atoms with E-state index < -0.39 is 0 Å². The quantitative estimate of drug-likeness (QED) is 0.361. The van der Waals surface area contributed by atoms with E-state index in [4.69, 9.17) is 18.9 Å². The molecule has 0 aliphatic carbocycles. The van der Waals surface area contributed by atoms with Crippen LogP contribution >= 0.6 is 0 Å². The summed E-state index contributed by atoms with van der Waals surface area (Å²) in [5, 5.41) is 2.75. The van der Waals surface area contributed by atoms with Gasteiger partial charge in [0.15, 0.2) is 35.4 Å². The van der Waals surface area contributed by atoms with Gasteiger partial charge < -0.3 is 24.3 Å². The summed E-state index contributed by atoms with van der Waals surface area (Å²) in [4.78, 5) is 24.7. The first-order chi connectivity index (χ1) is 16.0. The van der Waals surface area contributed by atoms with Crippen molar-refractivity contribution in [2.75, 3.05) is 33.3 Å². The minimum absolute atomic E-state index is 0.168. The van der Waals surface area contributed by atoms with Crippen LogP contribution in [0.1, 0.15) is 15.9 Å². The molecule has 3 aromatic carbocycles. The lowest BCUT2D eigenvalue weighted by atomic mass is 10.1. The minimum Gasteiger partial charge on any atom is -0.493 e. The molecular weight excluding hydrogens is 422 g/mol. The summed E-state index contributed by atoms with van der Waals surface area (Å²) in [6.07, 6.45) is 3.14. The molecule has 0 radical (unpaired) electrons. The number of anilines is 1. The molecule has 33 heavy (non-hydrogen) atoms. The van der Waals surface area contributed by atoms with Gasteiger partial charge in [-0.3, -0.25) is 9.59 Å². The van der Waals surface area contributed by atoms with Crippen LogP contribution in [0.4, 0.5) is 5.69 Å². The molecule has 0 fully saturated rings. The Bertz CT molecular complexity index is 1140. The Kier molecular flexibility index (Phi) is 8.07. The largest absolute Gasteiger partial charge is 0.493 e. The van der Waals surface area contributed by atoms with Gasteiger partial charge in [0, 0.05) is 11.3 Å². The molecule has 0 spiro atoms. The van der Waals surface area contributed by atoms with Crippen molar-refractivity contribution in [3.05, 3.63) is 83.9 Å². The fourth-order valence-corrected chi connectivity index (χ4v) is 3.03. The summed E-state index contributed by atoms with van der Waals surface area (Å²) in [5.41, 5.74) is 1.90. The van der Waals surface area contributed by atoms with Gasteiger partial charge in [0.1, 0.15) is 0 Å². The zero-order valence-corrected chi connectivity index (χ0v) is 18.7. The third-order valence-corrected chi connectivity index (χ3v) is 4.70. The fraction of sp³-hybridized carbons (Fsp3) is 0.154. The van der Waals surface area contributed by atoms with E-state index in [1.807, 2.05) is 18.2 Å². The van der Waals surface area contributed by atoms with Gasteiger partial charge in [-0.05, 0) is 54.1 Å². The van der Waals surface area contributed by atoms with Crippen LogP contribution in [-0.2, 0) is 4.79 Å². The molecule has 0 heterocycles. The molecule has 3 aromatic rings. The smallest absolute Gasteiger partial charge is 0.262 e. The molecule has 3 rings (SSSR count). The Morgan fingerprint density at radius 1 is 0.788 bits per heavy atom. The van der Waals surface area contributed by atoms with Gasteiger partial charge >= 0.3 is 0 Å². The van der Waals surface area contributed by atoms with E-state index in [0.29, 0.717) is 34.2 Å². The van der Waals surface area contributed by atoms with E-state index in [0.717, 1.165) is 5.56 Å². The highest BCUT2D eigenvalue weighted by Gasteiger charge is 2.10. The lowest BCUT2D eigenvalue weighted by molar-refractivity contribution is -0.118. The molecule has 0 aliphatic rings. The molecule has 0 aromatic heterocycles. The van der Waals surface area contributed by atoms with Gasteiger partial charge in [0.05, 0.1) is 21.3 Å². The van der Waals surface area contributed by atoms with Gasteiger partial charge in [0.25, 0.3) is 5.91 Å². The Hall–Kier alpha value is -4.26. The van der Waals surface area contributed by atoms with Gasteiger partial charge in [-0.25, -0.2) is 0 Å². The number of para-hydroxylation sites is 1. The van der Waals surface area contributed by atoms with Crippen molar-refractivity contribution in [1.82, 2.24) is 0 Å². The van der Waals surface area contributed by atoms with Crippen molar-refractivity contribution in [3.8, 4) is 23.0 Å². The second kappa shape index (κ2) is 11.4. The van der Waals surface area contributed by atoms with Crippen LogP contribution in [0.2, 0.25) is 0 Å². The number of carbonyl (C=O) groups is 2. The molecule has 0 saturated heterocycles. The van der Waals surface area contributed by atoms with E-state index in [1.54, 1.807) is 54.6 Å². The van der Waals surface area contributed by atoms with E-state index in [-0.39, 0.29) is 18.3 Å². The number of methoxy groups -OCH3 is 3. The Morgan fingerprint density at radius 2 is 1.45 bits per heavy atom. The molecule has 0 saturated carbocycles. The van der Waals surface area contributed by atoms with Gasteiger partial charge in [-0.15, -0.1) is 0 Å². The summed E-state index contributed by atoms with van der Waals surface area (Å²) >= 11 is 0. The number of benzene rings is 3. The van der Waals surface area contributed by atoms with Crippen LogP contribution < -0.4 is 24.3 Å². The highest BCUT2D eigenvalue weighted by atomic mass is 16.5.